The fraction of sp³-hybridized carbons (Fsp3) is 0.222. The zero-order chi connectivity index (χ0) is 24.6. The van der Waals surface area contributed by atoms with Crippen molar-refractivity contribution >= 4 is 52.5 Å². The van der Waals surface area contributed by atoms with Gasteiger partial charge in [0, 0.05) is 28.6 Å². The molecule has 2 aromatic carbocycles. The fourth-order valence-electron chi connectivity index (χ4n) is 4.24. The summed E-state index contributed by atoms with van der Waals surface area (Å²) in [6.07, 6.45) is 2.66. The summed E-state index contributed by atoms with van der Waals surface area (Å²) in [5, 5.41) is 0.719. The summed E-state index contributed by atoms with van der Waals surface area (Å²) < 4.78 is 2.13. The molecule has 1 aromatic heterocycles. The van der Waals surface area contributed by atoms with Crippen LogP contribution in [0.15, 0.2) is 60.2 Å². The highest BCUT2D eigenvalue weighted by atomic mass is 35.5. The number of anilines is 1. The zero-order valence-corrected chi connectivity index (χ0v) is 21.2. The highest BCUT2D eigenvalue weighted by molar-refractivity contribution is 7.80. The predicted octanol–water partition coefficient (Wildman–Crippen LogP) is 5.87. The minimum absolute atomic E-state index is 0.0759. The lowest BCUT2D eigenvalue weighted by atomic mass is 10.1. The van der Waals surface area contributed by atoms with Crippen LogP contribution in [0, 0.1) is 13.8 Å². The Morgan fingerprint density at radius 3 is 2.12 bits per heavy atom. The third-order valence-electron chi connectivity index (χ3n) is 6.11. The molecule has 34 heavy (non-hydrogen) atoms. The van der Waals surface area contributed by atoms with Gasteiger partial charge in [0.25, 0.3) is 11.8 Å². The van der Waals surface area contributed by atoms with Crippen LogP contribution in [0.2, 0.25) is 5.02 Å². The van der Waals surface area contributed by atoms with E-state index in [9.17, 15) is 9.59 Å². The molecule has 7 heteroatoms. The maximum Gasteiger partial charge on any atom is 0.270 e. The van der Waals surface area contributed by atoms with Gasteiger partial charge in [0.15, 0.2) is 5.11 Å². The molecule has 1 saturated heterocycles. The van der Waals surface area contributed by atoms with Crippen LogP contribution in [0.4, 0.5) is 5.69 Å². The Kier molecular flexibility index (Phi) is 6.73. The van der Waals surface area contributed by atoms with Gasteiger partial charge in [-0.15, -0.1) is 0 Å². The van der Waals surface area contributed by atoms with Gasteiger partial charge >= 0.3 is 0 Å². The minimum atomic E-state index is -0.445. The summed E-state index contributed by atoms with van der Waals surface area (Å²) in [5.41, 5.74) is 5.73. The molecule has 0 bridgehead atoms. The molecule has 0 N–H and O–H groups in total. The monoisotopic (exact) mass is 491 g/mol. The largest absolute Gasteiger partial charge is 0.318 e. The number of carbonyl (C=O) groups is 2. The molecule has 1 fully saturated rings. The van der Waals surface area contributed by atoms with Gasteiger partial charge in [-0.1, -0.05) is 30.7 Å². The summed E-state index contributed by atoms with van der Waals surface area (Å²) >= 11 is 11.5. The van der Waals surface area contributed by atoms with Crippen LogP contribution in [-0.4, -0.2) is 32.9 Å². The fourth-order valence-corrected chi connectivity index (χ4v) is 4.77. The molecule has 0 saturated carbocycles. The molecule has 2 amide bonds. The van der Waals surface area contributed by atoms with E-state index in [4.69, 9.17) is 23.8 Å². The van der Waals surface area contributed by atoms with E-state index in [0.717, 1.165) is 29.1 Å². The molecule has 0 aliphatic carbocycles. The first-order chi connectivity index (χ1) is 16.3. The molecular formula is C27H26ClN3O2S. The first kappa shape index (κ1) is 23.9. The molecule has 2 heterocycles. The van der Waals surface area contributed by atoms with Crippen LogP contribution in [-0.2, 0) is 16.0 Å². The molecular weight excluding hydrogens is 466 g/mol. The number of hydrogen-bond donors (Lipinski definition) is 0. The number of benzene rings is 2. The van der Waals surface area contributed by atoms with Crippen molar-refractivity contribution in [1.82, 2.24) is 9.47 Å². The molecule has 3 aromatic rings. The van der Waals surface area contributed by atoms with Gasteiger partial charge in [0.1, 0.15) is 5.57 Å². The SMILES string of the molecule is CCc1ccc(-n2c(C)cc(/C=C3\C(=O)N(CC)C(=S)N(c4ccc(Cl)cc4)C3=O)c2C)cc1. The number of likely N-dealkylation sites (N-methyl/N-ethyl adjacent to an activating group) is 1. The van der Waals surface area contributed by atoms with E-state index in [-0.39, 0.29) is 16.6 Å². The number of rotatable bonds is 5. The molecule has 1 aliphatic heterocycles. The third-order valence-corrected chi connectivity index (χ3v) is 6.76. The summed E-state index contributed by atoms with van der Waals surface area (Å²) in [4.78, 5) is 29.6. The standard InChI is InChI=1S/C27H26ClN3O2S/c1-5-19-7-11-22(12-8-19)30-17(3)15-20(18(30)4)16-24-25(32)29(6-2)27(34)31(26(24)33)23-13-9-21(28)10-14-23/h7-16H,5-6H2,1-4H3/b24-16+. The lowest BCUT2D eigenvalue weighted by Gasteiger charge is -2.36. The summed E-state index contributed by atoms with van der Waals surface area (Å²) in [7, 11) is 0. The number of amides is 2. The van der Waals surface area contributed by atoms with Crippen molar-refractivity contribution in [1.29, 1.82) is 0 Å². The summed E-state index contributed by atoms with van der Waals surface area (Å²) in [6.45, 7) is 8.33. The Bertz CT molecular complexity index is 1310. The number of aromatic nitrogens is 1. The van der Waals surface area contributed by atoms with Gasteiger partial charge in [-0.3, -0.25) is 19.4 Å². The average molecular weight is 492 g/mol. The van der Waals surface area contributed by atoms with Crippen LogP contribution >= 0.6 is 23.8 Å². The maximum atomic E-state index is 13.5. The number of hydrogen-bond acceptors (Lipinski definition) is 3. The second kappa shape index (κ2) is 9.57. The Balaban J connectivity index is 1.79. The van der Waals surface area contributed by atoms with Crippen molar-refractivity contribution in [2.24, 2.45) is 0 Å². The summed E-state index contributed by atoms with van der Waals surface area (Å²) in [5.74, 6) is -0.834. The number of aryl methyl sites for hydroxylation is 2. The van der Waals surface area contributed by atoms with E-state index in [0.29, 0.717) is 17.3 Å². The van der Waals surface area contributed by atoms with E-state index < -0.39 is 5.91 Å². The van der Waals surface area contributed by atoms with Crippen molar-refractivity contribution < 1.29 is 9.59 Å². The second-order valence-corrected chi connectivity index (χ2v) is 8.99. The lowest BCUT2D eigenvalue weighted by molar-refractivity contribution is -0.127. The van der Waals surface area contributed by atoms with Crippen LogP contribution in [0.3, 0.4) is 0 Å². The summed E-state index contributed by atoms with van der Waals surface area (Å²) in [6, 6.07) is 17.2. The van der Waals surface area contributed by atoms with E-state index in [2.05, 4.69) is 35.8 Å². The molecule has 0 spiro atoms. The van der Waals surface area contributed by atoms with Gasteiger partial charge in [0.2, 0.25) is 0 Å². The minimum Gasteiger partial charge on any atom is -0.318 e. The van der Waals surface area contributed by atoms with E-state index in [1.54, 1.807) is 30.3 Å². The smallest absolute Gasteiger partial charge is 0.270 e. The van der Waals surface area contributed by atoms with Gasteiger partial charge in [0.05, 0.1) is 5.69 Å². The van der Waals surface area contributed by atoms with Gasteiger partial charge in [-0.05, 0) is 99.1 Å². The average Bonchev–Trinajstić information content (AvgIpc) is 3.11. The normalized spacial score (nSPS) is 15.6. The highest BCUT2D eigenvalue weighted by Crippen LogP contribution is 2.29. The van der Waals surface area contributed by atoms with E-state index in [1.807, 2.05) is 26.8 Å². The van der Waals surface area contributed by atoms with Crippen molar-refractivity contribution in [3.05, 3.63) is 87.7 Å². The number of halogens is 1. The van der Waals surface area contributed by atoms with Crippen LogP contribution in [0.5, 0.6) is 0 Å². The Labute approximate surface area is 210 Å². The molecule has 1 aliphatic rings. The van der Waals surface area contributed by atoms with Gasteiger partial charge in [-0.25, -0.2) is 0 Å². The van der Waals surface area contributed by atoms with Crippen molar-refractivity contribution in [2.75, 3.05) is 11.4 Å². The third kappa shape index (κ3) is 4.19. The second-order valence-electron chi connectivity index (χ2n) is 8.19. The van der Waals surface area contributed by atoms with Crippen LogP contribution < -0.4 is 4.90 Å². The maximum absolute atomic E-state index is 13.5. The first-order valence-electron chi connectivity index (χ1n) is 11.2. The Hall–Kier alpha value is -3.22. The van der Waals surface area contributed by atoms with Crippen molar-refractivity contribution in [3.63, 3.8) is 0 Å². The molecule has 0 atom stereocenters. The van der Waals surface area contributed by atoms with Crippen molar-refractivity contribution in [2.45, 2.75) is 34.1 Å². The van der Waals surface area contributed by atoms with Crippen LogP contribution in [0.25, 0.3) is 11.8 Å². The van der Waals surface area contributed by atoms with Crippen molar-refractivity contribution in [3.8, 4) is 5.69 Å². The number of nitrogens with zero attached hydrogens (tertiary/aromatic N) is 3. The molecule has 0 radical (unpaired) electrons. The molecule has 174 valence electrons. The Morgan fingerprint density at radius 1 is 0.912 bits per heavy atom. The first-order valence-corrected chi connectivity index (χ1v) is 12.0. The Morgan fingerprint density at radius 2 is 1.53 bits per heavy atom. The topological polar surface area (TPSA) is 45.6 Å². The lowest BCUT2D eigenvalue weighted by Crippen LogP contribution is -2.56. The zero-order valence-electron chi connectivity index (χ0n) is 19.6. The van der Waals surface area contributed by atoms with Gasteiger partial charge in [-0.2, -0.15) is 0 Å². The predicted molar refractivity (Wildman–Crippen MR) is 142 cm³/mol. The molecule has 5 nitrogen and oxygen atoms in total. The number of carbonyl (C=O) groups excluding carboxylic acids is 2. The van der Waals surface area contributed by atoms with E-state index >= 15 is 0 Å². The van der Waals surface area contributed by atoms with Gasteiger partial charge < -0.3 is 4.57 Å². The highest BCUT2D eigenvalue weighted by Gasteiger charge is 2.39. The molecule has 0 unspecified atom stereocenters. The number of thiocarbonyl (C=S) groups is 1. The van der Waals surface area contributed by atoms with E-state index in [1.165, 1.54) is 15.4 Å². The quantitative estimate of drug-likeness (QED) is 0.254. The molecule has 4 rings (SSSR count). The van der Waals surface area contributed by atoms with Crippen LogP contribution in [0.1, 0.15) is 36.4 Å².